The van der Waals surface area contributed by atoms with E-state index in [1.54, 1.807) is 17.8 Å². The minimum atomic E-state index is -0.816. The normalized spacial score (nSPS) is 12.9. The molecule has 0 aromatic rings. The number of carboxylic acids is 1. The Bertz CT molecular complexity index is 237. The van der Waals surface area contributed by atoms with E-state index < -0.39 is 5.97 Å². The first-order valence-corrected chi connectivity index (χ1v) is 6.33. The van der Waals surface area contributed by atoms with Crippen LogP contribution in [0.4, 0.5) is 0 Å². The zero-order chi connectivity index (χ0) is 11.9. The van der Waals surface area contributed by atoms with Gasteiger partial charge in [0.1, 0.15) is 0 Å². The molecule has 0 heterocycles. The van der Waals surface area contributed by atoms with E-state index in [1.165, 1.54) is 0 Å². The van der Waals surface area contributed by atoms with Crippen molar-refractivity contribution in [2.24, 2.45) is 0 Å². The highest BCUT2D eigenvalue weighted by Crippen LogP contribution is 2.19. The summed E-state index contributed by atoms with van der Waals surface area (Å²) in [6.07, 6.45) is 4.40. The molecule has 15 heavy (non-hydrogen) atoms. The Kier molecular flexibility index (Phi) is 6.68. The molecule has 88 valence electrons. The number of aliphatic carboxylic acids is 1. The Morgan fingerprint density at radius 3 is 2.53 bits per heavy atom. The molecular formula is C11H21NO2S. The van der Waals surface area contributed by atoms with Crippen molar-refractivity contribution in [3.05, 3.63) is 11.6 Å². The smallest absolute Gasteiger partial charge is 0.331 e. The molecule has 0 aromatic carbocycles. The molecular weight excluding hydrogens is 210 g/mol. The van der Waals surface area contributed by atoms with E-state index in [0.717, 1.165) is 6.54 Å². The Balaban J connectivity index is 3.92. The molecule has 0 rings (SSSR count). The number of rotatable bonds is 7. The van der Waals surface area contributed by atoms with Crippen molar-refractivity contribution < 1.29 is 9.90 Å². The number of carboxylic acid groups (broad SMARTS) is 1. The molecule has 3 nitrogen and oxygen atoms in total. The lowest BCUT2D eigenvalue weighted by atomic mass is 10.2. The van der Waals surface area contributed by atoms with Crippen LogP contribution in [0.1, 0.15) is 27.2 Å². The van der Waals surface area contributed by atoms with Gasteiger partial charge >= 0.3 is 5.97 Å². The summed E-state index contributed by atoms with van der Waals surface area (Å²) in [5.74, 6) is -0.816. The summed E-state index contributed by atoms with van der Waals surface area (Å²) in [4.78, 5) is 10.7. The summed E-state index contributed by atoms with van der Waals surface area (Å²) in [6, 6.07) is 0. The number of carbonyl (C=O) groups is 1. The molecule has 0 fully saturated rings. The van der Waals surface area contributed by atoms with E-state index in [2.05, 4.69) is 25.4 Å². The van der Waals surface area contributed by atoms with Gasteiger partial charge in [-0.3, -0.25) is 0 Å². The molecule has 0 aliphatic heterocycles. The van der Waals surface area contributed by atoms with E-state index >= 15 is 0 Å². The maximum Gasteiger partial charge on any atom is 0.331 e. The lowest BCUT2D eigenvalue weighted by Gasteiger charge is -2.21. The second-order valence-corrected chi connectivity index (χ2v) is 5.50. The van der Waals surface area contributed by atoms with Crippen molar-refractivity contribution >= 4 is 17.7 Å². The molecule has 0 saturated heterocycles. The van der Waals surface area contributed by atoms with Crippen LogP contribution in [0.3, 0.4) is 0 Å². The molecule has 0 aliphatic carbocycles. The largest absolute Gasteiger partial charge is 0.478 e. The standard InChI is InChI=1S/C11H21NO2S/c1-5-9(10(13)14)6-7-12-8-11(2,3)15-4/h6,12H,5,7-8H2,1-4H3,(H,13,14). The van der Waals surface area contributed by atoms with Crippen molar-refractivity contribution in [2.45, 2.75) is 31.9 Å². The summed E-state index contributed by atoms with van der Waals surface area (Å²) in [5, 5.41) is 12.0. The molecule has 0 aromatic heterocycles. The number of hydrogen-bond donors (Lipinski definition) is 2. The fourth-order valence-electron chi connectivity index (χ4n) is 1.02. The summed E-state index contributed by atoms with van der Waals surface area (Å²) in [5.41, 5.74) is 0.476. The van der Waals surface area contributed by atoms with Gasteiger partial charge < -0.3 is 10.4 Å². The highest BCUT2D eigenvalue weighted by atomic mass is 32.2. The van der Waals surface area contributed by atoms with Crippen LogP contribution in [0, 0.1) is 0 Å². The van der Waals surface area contributed by atoms with Crippen LogP contribution in [0.15, 0.2) is 11.6 Å². The number of nitrogens with one attached hydrogen (secondary N) is 1. The SMILES string of the molecule is CCC(=CCNCC(C)(C)SC)C(=O)O. The van der Waals surface area contributed by atoms with Gasteiger partial charge in [-0.2, -0.15) is 11.8 Å². The minimum absolute atomic E-state index is 0.198. The topological polar surface area (TPSA) is 49.3 Å². The maximum atomic E-state index is 10.7. The van der Waals surface area contributed by atoms with Crippen LogP contribution in [0.2, 0.25) is 0 Å². The fraction of sp³-hybridized carbons (Fsp3) is 0.727. The maximum absolute atomic E-state index is 10.7. The molecule has 0 atom stereocenters. The van der Waals surface area contributed by atoms with Crippen LogP contribution in [0.25, 0.3) is 0 Å². The van der Waals surface area contributed by atoms with Crippen molar-refractivity contribution in [2.75, 3.05) is 19.3 Å². The van der Waals surface area contributed by atoms with E-state index in [1.807, 2.05) is 6.92 Å². The van der Waals surface area contributed by atoms with Gasteiger partial charge in [0.15, 0.2) is 0 Å². The van der Waals surface area contributed by atoms with Crippen molar-refractivity contribution in [1.29, 1.82) is 0 Å². The molecule has 0 saturated carbocycles. The van der Waals surface area contributed by atoms with Crippen molar-refractivity contribution in [3.8, 4) is 0 Å². The lowest BCUT2D eigenvalue weighted by molar-refractivity contribution is -0.132. The van der Waals surface area contributed by atoms with Gasteiger partial charge in [-0.25, -0.2) is 4.79 Å². The predicted molar refractivity (Wildman–Crippen MR) is 66.5 cm³/mol. The monoisotopic (exact) mass is 231 g/mol. The van der Waals surface area contributed by atoms with E-state index in [0.29, 0.717) is 18.5 Å². The van der Waals surface area contributed by atoms with Crippen molar-refractivity contribution in [3.63, 3.8) is 0 Å². The van der Waals surface area contributed by atoms with Crippen LogP contribution in [0.5, 0.6) is 0 Å². The van der Waals surface area contributed by atoms with Crippen LogP contribution in [-0.4, -0.2) is 35.2 Å². The van der Waals surface area contributed by atoms with E-state index in [9.17, 15) is 4.79 Å². The summed E-state index contributed by atoms with van der Waals surface area (Å²) >= 11 is 1.80. The Morgan fingerprint density at radius 1 is 1.53 bits per heavy atom. The lowest BCUT2D eigenvalue weighted by Crippen LogP contribution is -2.32. The molecule has 0 amide bonds. The molecule has 0 radical (unpaired) electrons. The van der Waals surface area contributed by atoms with E-state index in [4.69, 9.17) is 5.11 Å². The molecule has 0 aliphatic rings. The predicted octanol–water partition coefficient (Wildman–Crippen LogP) is 2.14. The first kappa shape index (κ1) is 14.5. The molecule has 2 N–H and O–H groups in total. The number of thioether (sulfide) groups is 1. The Morgan fingerprint density at radius 2 is 2.13 bits per heavy atom. The van der Waals surface area contributed by atoms with Crippen LogP contribution < -0.4 is 5.32 Å². The van der Waals surface area contributed by atoms with Gasteiger partial charge in [0.25, 0.3) is 0 Å². The Hall–Kier alpha value is -0.480. The molecule has 0 spiro atoms. The van der Waals surface area contributed by atoms with Gasteiger partial charge in [0.05, 0.1) is 0 Å². The zero-order valence-electron chi connectivity index (χ0n) is 9.96. The van der Waals surface area contributed by atoms with Gasteiger partial charge in [-0.1, -0.05) is 13.0 Å². The third-order valence-electron chi connectivity index (χ3n) is 2.25. The minimum Gasteiger partial charge on any atom is -0.478 e. The average molecular weight is 231 g/mol. The van der Waals surface area contributed by atoms with Gasteiger partial charge in [0, 0.05) is 23.4 Å². The first-order valence-electron chi connectivity index (χ1n) is 5.11. The third-order valence-corrected chi connectivity index (χ3v) is 3.50. The summed E-state index contributed by atoms with van der Waals surface area (Å²) in [7, 11) is 0. The van der Waals surface area contributed by atoms with Gasteiger partial charge in [-0.15, -0.1) is 0 Å². The van der Waals surface area contributed by atoms with Crippen molar-refractivity contribution in [1.82, 2.24) is 5.32 Å². The van der Waals surface area contributed by atoms with Crippen LogP contribution in [-0.2, 0) is 4.79 Å². The second-order valence-electron chi connectivity index (χ2n) is 3.98. The van der Waals surface area contributed by atoms with Gasteiger partial charge in [0.2, 0.25) is 0 Å². The van der Waals surface area contributed by atoms with Crippen LogP contribution >= 0.6 is 11.8 Å². The second kappa shape index (κ2) is 6.90. The molecule has 4 heteroatoms. The molecule has 0 unspecified atom stereocenters. The van der Waals surface area contributed by atoms with Gasteiger partial charge in [-0.05, 0) is 26.5 Å². The quantitative estimate of drug-likeness (QED) is 0.520. The first-order chi connectivity index (χ1) is 6.93. The molecule has 0 bridgehead atoms. The average Bonchev–Trinajstić information content (AvgIpc) is 2.17. The fourth-order valence-corrected chi connectivity index (χ4v) is 1.27. The Labute approximate surface area is 96.3 Å². The third kappa shape index (κ3) is 6.57. The zero-order valence-corrected chi connectivity index (χ0v) is 10.8. The number of hydrogen-bond acceptors (Lipinski definition) is 3. The van der Waals surface area contributed by atoms with E-state index in [-0.39, 0.29) is 4.75 Å². The highest BCUT2D eigenvalue weighted by Gasteiger charge is 2.14. The summed E-state index contributed by atoms with van der Waals surface area (Å²) in [6.45, 7) is 7.67. The summed E-state index contributed by atoms with van der Waals surface area (Å²) < 4.78 is 0.198. The highest BCUT2D eigenvalue weighted by molar-refractivity contribution is 7.99.